The van der Waals surface area contributed by atoms with Crippen molar-refractivity contribution in [3.63, 3.8) is 0 Å². The Morgan fingerprint density at radius 3 is 2.53 bits per heavy atom. The van der Waals surface area contributed by atoms with Gasteiger partial charge in [-0.3, -0.25) is 4.79 Å². The summed E-state index contributed by atoms with van der Waals surface area (Å²) in [6, 6.07) is 19.4. The Morgan fingerprint density at radius 1 is 1.03 bits per heavy atom. The van der Waals surface area contributed by atoms with Crippen LogP contribution in [0.4, 0.5) is 5.69 Å². The van der Waals surface area contributed by atoms with Crippen LogP contribution in [0.25, 0.3) is 22.6 Å². The molecule has 3 aromatic carbocycles. The van der Waals surface area contributed by atoms with Gasteiger partial charge in [0.2, 0.25) is 5.89 Å². The fraction of sp³-hybridized carbons (Fsp3) is 0.259. The number of hydrogen-bond donors (Lipinski definition) is 1. The van der Waals surface area contributed by atoms with E-state index in [1.165, 1.54) is 11.1 Å². The zero-order valence-electron chi connectivity index (χ0n) is 18.9. The van der Waals surface area contributed by atoms with Crippen LogP contribution in [-0.2, 0) is 4.79 Å². The van der Waals surface area contributed by atoms with Crippen molar-refractivity contribution >= 4 is 22.7 Å². The first-order valence-corrected chi connectivity index (χ1v) is 10.9. The van der Waals surface area contributed by atoms with E-state index in [4.69, 9.17) is 9.15 Å². The smallest absolute Gasteiger partial charge is 0.262 e. The molecule has 0 fully saturated rings. The summed E-state index contributed by atoms with van der Waals surface area (Å²) in [7, 11) is 0. The molecule has 0 aliphatic carbocycles. The number of carbonyl (C=O) groups is 1. The van der Waals surface area contributed by atoms with Crippen LogP contribution in [0.3, 0.4) is 0 Å². The lowest BCUT2D eigenvalue weighted by Crippen LogP contribution is -2.20. The molecule has 1 heterocycles. The molecular formula is C27H28N2O3. The monoisotopic (exact) mass is 428 g/mol. The van der Waals surface area contributed by atoms with Crippen LogP contribution in [0, 0.1) is 13.8 Å². The minimum atomic E-state index is -0.213. The molecule has 1 N–H and O–H groups in total. The molecule has 0 saturated carbocycles. The van der Waals surface area contributed by atoms with Crippen molar-refractivity contribution < 1.29 is 13.9 Å². The Kier molecular flexibility index (Phi) is 6.26. The summed E-state index contributed by atoms with van der Waals surface area (Å²) >= 11 is 0. The normalized spacial score (nSPS) is 12.0. The van der Waals surface area contributed by atoms with E-state index in [0.717, 1.165) is 28.6 Å². The summed E-state index contributed by atoms with van der Waals surface area (Å²) in [5, 5.41) is 2.85. The number of fused-ring (bicyclic) bond motifs is 1. The van der Waals surface area contributed by atoms with E-state index in [2.05, 4.69) is 36.3 Å². The third kappa shape index (κ3) is 4.83. The van der Waals surface area contributed by atoms with Gasteiger partial charge in [0.25, 0.3) is 5.91 Å². The first-order chi connectivity index (χ1) is 15.4. The van der Waals surface area contributed by atoms with E-state index in [-0.39, 0.29) is 12.5 Å². The number of benzene rings is 3. The number of carbonyl (C=O) groups excluding carboxylic acids is 1. The number of aryl methyl sites for hydroxylation is 2. The van der Waals surface area contributed by atoms with E-state index in [1.807, 2.05) is 62.4 Å². The van der Waals surface area contributed by atoms with Gasteiger partial charge in [0.05, 0.1) is 0 Å². The molecule has 1 unspecified atom stereocenters. The predicted molar refractivity (Wildman–Crippen MR) is 128 cm³/mol. The molecular weight excluding hydrogens is 400 g/mol. The second-order valence-corrected chi connectivity index (χ2v) is 8.22. The number of amides is 1. The number of anilines is 1. The molecule has 4 aromatic rings. The zero-order chi connectivity index (χ0) is 22.7. The Balaban J connectivity index is 1.40. The number of ether oxygens (including phenoxy) is 1. The van der Waals surface area contributed by atoms with Crippen LogP contribution in [-0.4, -0.2) is 17.5 Å². The average molecular weight is 429 g/mol. The zero-order valence-corrected chi connectivity index (χ0v) is 18.9. The van der Waals surface area contributed by atoms with Crippen LogP contribution in [0.5, 0.6) is 5.75 Å². The lowest BCUT2D eigenvalue weighted by atomic mass is 9.98. The maximum Gasteiger partial charge on any atom is 0.262 e. The fourth-order valence-corrected chi connectivity index (χ4v) is 3.46. The van der Waals surface area contributed by atoms with Gasteiger partial charge in [-0.15, -0.1) is 0 Å². The van der Waals surface area contributed by atoms with Crippen LogP contribution in [0.2, 0.25) is 0 Å². The third-order valence-electron chi connectivity index (χ3n) is 5.86. The second kappa shape index (κ2) is 9.27. The summed E-state index contributed by atoms with van der Waals surface area (Å²) < 4.78 is 11.5. The number of nitrogens with one attached hydrogen (secondary N) is 1. The maximum absolute atomic E-state index is 12.3. The van der Waals surface area contributed by atoms with Crippen molar-refractivity contribution in [2.24, 2.45) is 0 Å². The average Bonchev–Trinajstić information content (AvgIpc) is 3.23. The van der Waals surface area contributed by atoms with Crippen LogP contribution in [0.15, 0.2) is 65.1 Å². The molecule has 0 aliphatic rings. The number of hydrogen-bond acceptors (Lipinski definition) is 4. The minimum Gasteiger partial charge on any atom is -0.484 e. The molecule has 0 radical (unpaired) electrons. The van der Waals surface area contributed by atoms with Gasteiger partial charge in [-0.1, -0.05) is 26.0 Å². The largest absolute Gasteiger partial charge is 0.484 e. The number of nitrogens with zero attached hydrogens (tertiary/aromatic N) is 1. The molecule has 164 valence electrons. The molecule has 1 amide bonds. The second-order valence-electron chi connectivity index (χ2n) is 8.22. The van der Waals surface area contributed by atoms with Gasteiger partial charge in [-0.2, -0.15) is 0 Å². The van der Waals surface area contributed by atoms with Gasteiger partial charge in [0.1, 0.15) is 11.3 Å². The summed E-state index contributed by atoms with van der Waals surface area (Å²) in [5.74, 6) is 1.53. The summed E-state index contributed by atoms with van der Waals surface area (Å²) in [5.41, 5.74) is 6.77. The van der Waals surface area contributed by atoms with E-state index < -0.39 is 0 Å². The van der Waals surface area contributed by atoms with E-state index >= 15 is 0 Å². The molecule has 0 bridgehead atoms. The van der Waals surface area contributed by atoms with Crippen molar-refractivity contribution in [1.82, 2.24) is 4.98 Å². The predicted octanol–water partition coefficient (Wildman–Crippen LogP) is 6.64. The van der Waals surface area contributed by atoms with Crippen molar-refractivity contribution in [3.8, 4) is 17.2 Å². The molecule has 32 heavy (non-hydrogen) atoms. The van der Waals surface area contributed by atoms with Crippen LogP contribution >= 0.6 is 0 Å². The van der Waals surface area contributed by atoms with Crippen LogP contribution < -0.4 is 10.1 Å². The molecule has 5 heteroatoms. The molecule has 5 nitrogen and oxygen atoms in total. The number of aromatic nitrogens is 1. The van der Waals surface area contributed by atoms with Gasteiger partial charge in [0, 0.05) is 11.3 Å². The Labute approximate surface area is 188 Å². The molecule has 0 spiro atoms. The Hall–Kier alpha value is -3.60. The summed E-state index contributed by atoms with van der Waals surface area (Å²) in [6.45, 7) is 8.40. The number of oxazole rings is 1. The summed E-state index contributed by atoms with van der Waals surface area (Å²) in [4.78, 5) is 16.9. The van der Waals surface area contributed by atoms with Crippen molar-refractivity contribution in [2.75, 3.05) is 11.9 Å². The highest BCUT2D eigenvalue weighted by Gasteiger charge is 2.11. The van der Waals surface area contributed by atoms with Crippen molar-refractivity contribution in [2.45, 2.75) is 40.0 Å². The molecule has 4 rings (SSSR count). The molecule has 0 aliphatic heterocycles. The van der Waals surface area contributed by atoms with Gasteiger partial charge in [-0.25, -0.2) is 4.98 Å². The minimum absolute atomic E-state index is 0.0477. The fourth-order valence-electron chi connectivity index (χ4n) is 3.46. The maximum atomic E-state index is 12.3. The topological polar surface area (TPSA) is 64.4 Å². The Morgan fingerprint density at radius 2 is 1.81 bits per heavy atom. The SMILES string of the molecule is CCC(C)c1ccc2oc(-c3ccc(NC(=O)COc4ccc(C)c(C)c4)cc3)nc2c1. The molecule has 1 aromatic heterocycles. The lowest BCUT2D eigenvalue weighted by molar-refractivity contribution is -0.118. The van der Waals surface area contributed by atoms with Gasteiger partial charge >= 0.3 is 0 Å². The molecule has 1 atom stereocenters. The van der Waals surface area contributed by atoms with Crippen molar-refractivity contribution in [1.29, 1.82) is 0 Å². The standard InChI is InChI=1S/C27H28N2O3/c1-5-17(2)21-9-13-25-24(15-21)29-27(32-25)20-7-10-22(11-8-20)28-26(30)16-31-23-12-6-18(3)19(4)14-23/h6-15,17H,5,16H2,1-4H3,(H,28,30). The van der Waals surface area contributed by atoms with E-state index in [0.29, 0.717) is 23.2 Å². The van der Waals surface area contributed by atoms with E-state index in [9.17, 15) is 4.79 Å². The quantitative estimate of drug-likeness (QED) is 0.358. The van der Waals surface area contributed by atoms with Gasteiger partial charge in [0.15, 0.2) is 12.2 Å². The molecule has 0 saturated heterocycles. The van der Waals surface area contributed by atoms with Crippen molar-refractivity contribution in [3.05, 3.63) is 77.4 Å². The van der Waals surface area contributed by atoms with E-state index in [1.54, 1.807) is 0 Å². The summed E-state index contributed by atoms with van der Waals surface area (Å²) in [6.07, 6.45) is 1.08. The number of rotatable bonds is 7. The van der Waals surface area contributed by atoms with Crippen LogP contribution in [0.1, 0.15) is 42.9 Å². The van der Waals surface area contributed by atoms with Gasteiger partial charge in [-0.05, 0) is 91.4 Å². The first-order valence-electron chi connectivity index (χ1n) is 10.9. The highest BCUT2D eigenvalue weighted by molar-refractivity contribution is 5.92. The van der Waals surface area contributed by atoms with Gasteiger partial charge < -0.3 is 14.5 Å². The lowest BCUT2D eigenvalue weighted by Gasteiger charge is -2.09. The highest BCUT2D eigenvalue weighted by atomic mass is 16.5. The highest BCUT2D eigenvalue weighted by Crippen LogP contribution is 2.28. The third-order valence-corrected chi connectivity index (χ3v) is 5.86. The first kappa shape index (κ1) is 21.6. The Bertz CT molecular complexity index is 1240.